The number of ether oxygens (including phenoxy) is 1. The van der Waals surface area contributed by atoms with Gasteiger partial charge < -0.3 is 14.2 Å². The number of hydrogen-bond acceptors (Lipinski definition) is 7. The van der Waals surface area contributed by atoms with Crippen molar-refractivity contribution < 1.29 is 22.7 Å². The quantitative estimate of drug-likeness (QED) is 0.0979. The van der Waals surface area contributed by atoms with Crippen molar-refractivity contribution in [2.75, 3.05) is 27.0 Å². The van der Waals surface area contributed by atoms with Crippen molar-refractivity contribution in [2.24, 2.45) is 4.40 Å². The third kappa shape index (κ3) is 6.03. The van der Waals surface area contributed by atoms with E-state index in [0.29, 0.717) is 28.5 Å². The molecule has 1 aromatic heterocycles. The molecule has 0 aliphatic heterocycles. The van der Waals surface area contributed by atoms with Gasteiger partial charge in [0.2, 0.25) is 0 Å². The Morgan fingerprint density at radius 1 is 1.14 bits per heavy atom. The molecular weight excluding hydrogens is 500 g/mol. The molecule has 9 nitrogen and oxygen atoms in total. The number of sulfonamides is 1. The second-order valence-corrected chi connectivity index (χ2v) is 10.4. The van der Waals surface area contributed by atoms with Crippen LogP contribution in [0, 0.1) is 6.92 Å². The molecule has 0 radical (unpaired) electrons. The van der Waals surface area contributed by atoms with Gasteiger partial charge in [-0.2, -0.15) is 8.42 Å². The maximum Gasteiger partial charge on any atom is 0.381 e. The Hall–Kier alpha value is -3.44. The lowest BCUT2D eigenvalue weighted by molar-refractivity contribution is -0.137. The maximum atomic E-state index is 12.8. The van der Waals surface area contributed by atoms with Gasteiger partial charge in [-0.25, -0.2) is 9.78 Å². The van der Waals surface area contributed by atoms with E-state index in [-0.39, 0.29) is 17.2 Å². The minimum absolute atomic E-state index is 0.103. The zero-order valence-electron chi connectivity index (χ0n) is 20.8. The van der Waals surface area contributed by atoms with Crippen molar-refractivity contribution in [3.8, 4) is 11.1 Å². The summed E-state index contributed by atoms with van der Waals surface area (Å²) in [4.78, 5) is 31.0. The summed E-state index contributed by atoms with van der Waals surface area (Å²) >= 11 is 1.28. The molecular formula is C25H28N4O5S2. The molecule has 0 saturated carbocycles. The first-order valence-corrected chi connectivity index (χ1v) is 13.7. The highest BCUT2D eigenvalue weighted by Gasteiger charge is 2.27. The molecule has 36 heavy (non-hydrogen) atoms. The molecule has 0 saturated heterocycles. The van der Waals surface area contributed by atoms with Crippen LogP contribution in [0.4, 0.5) is 0 Å². The molecule has 2 aromatic carbocycles. The standard InChI is InChI=1S/C25H28N4O5S2/c1-6-34-25(31)23(30)22-24(35-5)27-17(2)29(22)15-18-11-13-19(14-12-18)20-9-7-8-10-21(20)36(32,33)26-16-28(3)4/h7-14,16H,6,15H2,1-5H3. The van der Waals surface area contributed by atoms with Gasteiger partial charge in [0, 0.05) is 26.2 Å². The van der Waals surface area contributed by atoms with Gasteiger partial charge in [-0.1, -0.05) is 42.5 Å². The molecule has 0 aliphatic rings. The first kappa shape index (κ1) is 27.2. The second-order valence-electron chi connectivity index (χ2n) is 8.01. The van der Waals surface area contributed by atoms with Gasteiger partial charge in [0.25, 0.3) is 15.8 Å². The average molecular weight is 529 g/mol. The fourth-order valence-electron chi connectivity index (χ4n) is 3.50. The number of aryl methyl sites for hydroxylation is 1. The number of aromatic nitrogens is 2. The zero-order valence-corrected chi connectivity index (χ0v) is 22.4. The Morgan fingerprint density at radius 3 is 2.42 bits per heavy atom. The Labute approximate surface area is 215 Å². The molecule has 11 heteroatoms. The average Bonchev–Trinajstić information content (AvgIpc) is 3.17. The van der Waals surface area contributed by atoms with Crippen molar-refractivity contribution in [2.45, 2.75) is 30.3 Å². The van der Waals surface area contributed by atoms with Crippen LogP contribution >= 0.6 is 11.8 Å². The lowest BCUT2D eigenvalue weighted by Crippen LogP contribution is -2.22. The molecule has 0 unspecified atom stereocenters. The molecule has 0 amide bonds. The fraction of sp³-hybridized carbons (Fsp3) is 0.280. The van der Waals surface area contributed by atoms with Gasteiger partial charge in [0.15, 0.2) is 0 Å². The summed E-state index contributed by atoms with van der Waals surface area (Å²) < 4.78 is 36.0. The van der Waals surface area contributed by atoms with E-state index in [4.69, 9.17) is 4.74 Å². The van der Waals surface area contributed by atoms with E-state index in [1.165, 1.54) is 24.2 Å². The summed E-state index contributed by atoms with van der Waals surface area (Å²) in [5.41, 5.74) is 2.27. The van der Waals surface area contributed by atoms with Gasteiger partial charge in [-0.05, 0) is 37.3 Å². The van der Waals surface area contributed by atoms with E-state index in [9.17, 15) is 18.0 Å². The van der Waals surface area contributed by atoms with Crippen LogP contribution in [0.1, 0.15) is 28.8 Å². The summed E-state index contributed by atoms with van der Waals surface area (Å²) in [6.45, 7) is 3.81. The summed E-state index contributed by atoms with van der Waals surface area (Å²) in [7, 11) is -0.507. The van der Waals surface area contributed by atoms with Crippen LogP contribution in [0.15, 0.2) is 62.9 Å². The summed E-state index contributed by atoms with van der Waals surface area (Å²) in [5, 5.41) is 0.458. The Kier molecular flexibility index (Phi) is 8.70. The fourth-order valence-corrected chi connectivity index (χ4v) is 5.26. The largest absolute Gasteiger partial charge is 0.460 e. The van der Waals surface area contributed by atoms with E-state index in [1.54, 1.807) is 61.9 Å². The highest BCUT2D eigenvalue weighted by Crippen LogP contribution is 2.29. The predicted octanol–water partition coefficient (Wildman–Crippen LogP) is 3.65. The topological polar surface area (TPSA) is 111 Å². The van der Waals surface area contributed by atoms with Gasteiger partial charge in [0.1, 0.15) is 22.9 Å². The van der Waals surface area contributed by atoms with Crippen molar-refractivity contribution >= 4 is 39.9 Å². The van der Waals surface area contributed by atoms with Crippen molar-refractivity contribution in [1.29, 1.82) is 0 Å². The zero-order chi connectivity index (χ0) is 26.5. The highest BCUT2D eigenvalue weighted by molar-refractivity contribution is 7.98. The molecule has 3 aromatic rings. The summed E-state index contributed by atoms with van der Waals surface area (Å²) in [6, 6.07) is 14.0. The normalized spacial score (nSPS) is 11.6. The van der Waals surface area contributed by atoms with Crippen LogP contribution in [0.25, 0.3) is 11.1 Å². The first-order valence-electron chi connectivity index (χ1n) is 11.1. The number of rotatable bonds is 10. The van der Waals surface area contributed by atoms with E-state index in [1.807, 2.05) is 24.3 Å². The van der Waals surface area contributed by atoms with E-state index in [2.05, 4.69) is 9.38 Å². The lowest BCUT2D eigenvalue weighted by atomic mass is 10.0. The molecule has 3 rings (SSSR count). The number of thioether (sulfide) groups is 1. The smallest absolute Gasteiger partial charge is 0.381 e. The van der Waals surface area contributed by atoms with Crippen LogP contribution in [0.2, 0.25) is 0 Å². The molecule has 1 heterocycles. The van der Waals surface area contributed by atoms with Crippen LogP contribution < -0.4 is 0 Å². The summed E-state index contributed by atoms with van der Waals surface area (Å²) in [5.74, 6) is -1.07. The number of carbonyl (C=O) groups excluding carboxylic acids is 2. The number of ketones is 1. The number of nitrogens with zero attached hydrogens (tertiary/aromatic N) is 4. The van der Waals surface area contributed by atoms with Gasteiger partial charge in [-0.3, -0.25) is 4.79 Å². The van der Waals surface area contributed by atoms with E-state index >= 15 is 0 Å². The SMILES string of the molecule is CCOC(=O)C(=O)c1c(SC)nc(C)n1Cc1ccc(-c2ccccc2S(=O)(=O)N=CN(C)C)cc1. The number of benzene rings is 2. The van der Waals surface area contributed by atoms with Crippen molar-refractivity contribution in [3.05, 3.63) is 65.6 Å². The number of imidazole rings is 1. The van der Waals surface area contributed by atoms with Crippen LogP contribution in [0.3, 0.4) is 0 Å². The van der Waals surface area contributed by atoms with Gasteiger partial charge in [0.05, 0.1) is 11.5 Å². The third-order valence-electron chi connectivity index (χ3n) is 5.18. The van der Waals surface area contributed by atoms with Crippen LogP contribution in [-0.2, 0) is 26.1 Å². The minimum Gasteiger partial charge on any atom is -0.460 e. The maximum absolute atomic E-state index is 12.8. The molecule has 0 N–H and O–H groups in total. The van der Waals surface area contributed by atoms with Crippen molar-refractivity contribution in [3.63, 3.8) is 0 Å². The van der Waals surface area contributed by atoms with Gasteiger partial charge in [-0.15, -0.1) is 16.2 Å². The van der Waals surface area contributed by atoms with E-state index in [0.717, 1.165) is 5.56 Å². The molecule has 190 valence electrons. The molecule has 0 aliphatic carbocycles. The minimum atomic E-state index is -3.89. The highest BCUT2D eigenvalue weighted by atomic mass is 32.2. The number of carbonyl (C=O) groups is 2. The second kappa shape index (κ2) is 11.5. The molecule has 0 spiro atoms. The van der Waals surface area contributed by atoms with E-state index < -0.39 is 21.8 Å². The third-order valence-corrected chi connectivity index (χ3v) is 7.14. The molecule has 0 bridgehead atoms. The monoisotopic (exact) mass is 528 g/mol. The van der Waals surface area contributed by atoms with Crippen LogP contribution in [-0.4, -0.2) is 67.9 Å². The van der Waals surface area contributed by atoms with Crippen LogP contribution in [0.5, 0.6) is 0 Å². The number of hydrogen-bond donors (Lipinski definition) is 0. The predicted molar refractivity (Wildman–Crippen MR) is 140 cm³/mol. The Balaban J connectivity index is 1.95. The molecule has 0 atom stereocenters. The summed E-state index contributed by atoms with van der Waals surface area (Å²) in [6.07, 6.45) is 3.04. The first-order chi connectivity index (χ1) is 17.1. The lowest BCUT2D eigenvalue weighted by Gasteiger charge is -2.12. The Morgan fingerprint density at radius 2 is 1.81 bits per heavy atom. The van der Waals surface area contributed by atoms with Gasteiger partial charge >= 0.3 is 5.97 Å². The molecule has 0 fully saturated rings. The number of Topliss-reactive ketones (excluding diaryl/α,β-unsaturated/α-hetero) is 1. The number of esters is 1. The van der Waals surface area contributed by atoms with Crippen molar-refractivity contribution in [1.82, 2.24) is 14.5 Å². The Bertz CT molecular complexity index is 1390.